The van der Waals surface area contributed by atoms with E-state index in [4.69, 9.17) is 15.1 Å². The fraction of sp³-hybridized carbons (Fsp3) is 1.00. The zero-order valence-corrected chi connectivity index (χ0v) is 6.03. The molecule has 10 heavy (non-hydrogen) atoms. The third-order valence-corrected chi connectivity index (χ3v) is 1.81. The molecule has 0 aliphatic carbocycles. The van der Waals surface area contributed by atoms with Gasteiger partial charge >= 0.3 is 0 Å². The van der Waals surface area contributed by atoms with Crippen molar-refractivity contribution in [2.45, 2.75) is 25.2 Å². The van der Waals surface area contributed by atoms with Crippen LogP contribution in [-0.2, 0) is 4.74 Å². The number of hydrogen-bond acceptors (Lipinski definition) is 4. The minimum absolute atomic E-state index is 0.0633. The lowest BCUT2D eigenvalue weighted by molar-refractivity contribution is -0.230. The second-order valence-electron chi connectivity index (χ2n) is 2.54. The van der Waals surface area contributed by atoms with Gasteiger partial charge in [0, 0.05) is 7.11 Å². The van der Waals surface area contributed by atoms with Crippen molar-refractivity contribution in [3.8, 4) is 0 Å². The molecule has 1 aliphatic rings. The summed E-state index contributed by atoms with van der Waals surface area (Å²) in [6.45, 7) is 0.400. The van der Waals surface area contributed by atoms with E-state index < -0.39 is 6.23 Å². The summed E-state index contributed by atoms with van der Waals surface area (Å²) in [6.07, 6.45) is 0.754. The lowest BCUT2D eigenvalue weighted by atomic mass is 10.1. The molecule has 1 heterocycles. The van der Waals surface area contributed by atoms with Gasteiger partial charge in [-0.3, -0.25) is 0 Å². The number of hydrogen-bond donors (Lipinski definition) is 2. The van der Waals surface area contributed by atoms with Crippen LogP contribution in [0.3, 0.4) is 0 Å². The van der Waals surface area contributed by atoms with Gasteiger partial charge in [-0.1, -0.05) is 0 Å². The van der Waals surface area contributed by atoms with Gasteiger partial charge in [0.15, 0.2) is 0 Å². The monoisotopic (exact) mass is 147 g/mol. The molecule has 0 aromatic heterocycles. The van der Waals surface area contributed by atoms with Crippen molar-refractivity contribution in [3.63, 3.8) is 0 Å². The number of aliphatic hydroxyl groups is 1. The van der Waals surface area contributed by atoms with E-state index in [0.717, 1.165) is 11.5 Å². The Balaban J connectivity index is 2.33. The molecule has 1 aliphatic heterocycles. The van der Waals surface area contributed by atoms with E-state index in [9.17, 15) is 0 Å². The molecular formula is C6H13NO3. The maximum absolute atomic E-state index is 9.01. The molecule has 0 amide bonds. The summed E-state index contributed by atoms with van der Waals surface area (Å²) in [6, 6.07) is 0. The molecule has 0 aromatic carbocycles. The van der Waals surface area contributed by atoms with Gasteiger partial charge < -0.3 is 15.1 Å². The summed E-state index contributed by atoms with van der Waals surface area (Å²) in [5, 5.41) is 18.9. The Hall–Kier alpha value is -0.160. The average Bonchev–Trinajstić information content (AvgIpc) is 1.95. The lowest BCUT2D eigenvalue weighted by Gasteiger charge is -2.31. The fourth-order valence-electron chi connectivity index (χ4n) is 1.10. The molecule has 1 saturated heterocycles. The van der Waals surface area contributed by atoms with Gasteiger partial charge in [0.2, 0.25) is 0 Å². The normalized spacial score (nSPS) is 36.3. The molecule has 1 rings (SSSR count). The standard InChI is InChI=1S/C6H13NO3/c1-10-5-2-3-6(8)7(9)4-5/h5-6,8-9H,2-4H2,1H3. The molecule has 4 heteroatoms. The van der Waals surface area contributed by atoms with Crippen LogP contribution in [0.4, 0.5) is 0 Å². The highest BCUT2D eigenvalue weighted by atomic mass is 16.5. The maximum atomic E-state index is 9.01. The Bertz CT molecular complexity index is 109. The van der Waals surface area contributed by atoms with E-state index in [0.29, 0.717) is 13.0 Å². The van der Waals surface area contributed by atoms with Gasteiger partial charge in [-0.15, -0.1) is 0 Å². The summed E-state index contributed by atoms with van der Waals surface area (Å²) in [5.41, 5.74) is 0. The zero-order chi connectivity index (χ0) is 7.56. The zero-order valence-electron chi connectivity index (χ0n) is 6.03. The van der Waals surface area contributed by atoms with Crippen molar-refractivity contribution < 1.29 is 15.1 Å². The number of nitrogens with zero attached hydrogens (tertiary/aromatic N) is 1. The van der Waals surface area contributed by atoms with Crippen LogP contribution in [-0.4, -0.2) is 41.4 Å². The second-order valence-corrected chi connectivity index (χ2v) is 2.54. The first-order valence-corrected chi connectivity index (χ1v) is 3.40. The largest absolute Gasteiger partial charge is 0.380 e. The van der Waals surface area contributed by atoms with E-state index in [1.807, 2.05) is 0 Å². The van der Waals surface area contributed by atoms with Crippen LogP contribution < -0.4 is 0 Å². The Labute approximate surface area is 60.0 Å². The third-order valence-electron chi connectivity index (χ3n) is 1.81. The summed E-state index contributed by atoms with van der Waals surface area (Å²) in [7, 11) is 1.61. The summed E-state index contributed by atoms with van der Waals surface area (Å²) in [4.78, 5) is 0. The smallest absolute Gasteiger partial charge is 0.129 e. The Morgan fingerprint density at radius 3 is 2.70 bits per heavy atom. The van der Waals surface area contributed by atoms with Gasteiger partial charge in [0.1, 0.15) is 6.23 Å². The number of aliphatic hydroxyl groups excluding tert-OH is 1. The van der Waals surface area contributed by atoms with Crippen molar-refractivity contribution in [3.05, 3.63) is 0 Å². The molecule has 0 aromatic rings. The van der Waals surface area contributed by atoms with Crippen LogP contribution in [0.15, 0.2) is 0 Å². The van der Waals surface area contributed by atoms with Gasteiger partial charge in [0.05, 0.1) is 12.6 Å². The number of methoxy groups -OCH3 is 1. The van der Waals surface area contributed by atoms with Crippen molar-refractivity contribution in [1.29, 1.82) is 0 Å². The van der Waals surface area contributed by atoms with Crippen LogP contribution >= 0.6 is 0 Å². The van der Waals surface area contributed by atoms with Crippen LogP contribution in [0.1, 0.15) is 12.8 Å². The van der Waals surface area contributed by atoms with Gasteiger partial charge in [-0.25, -0.2) is 0 Å². The van der Waals surface area contributed by atoms with E-state index in [-0.39, 0.29) is 6.10 Å². The van der Waals surface area contributed by atoms with Crippen LogP contribution in [0.25, 0.3) is 0 Å². The molecule has 2 N–H and O–H groups in total. The minimum atomic E-state index is -0.702. The van der Waals surface area contributed by atoms with E-state index in [2.05, 4.69) is 0 Å². The molecule has 0 radical (unpaired) electrons. The fourth-order valence-corrected chi connectivity index (χ4v) is 1.10. The minimum Gasteiger partial charge on any atom is -0.380 e. The summed E-state index contributed by atoms with van der Waals surface area (Å²) < 4.78 is 5.00. The van der Waals surface area contributed by atoms with Crippen LogP contribution in [0.2, 0.25) is 0 Å². The highest BCUT2D eigenvalue weighted by molar-refractivity contribution is 4.69. The molecule has 2 atom stereocenters. The highest BCUT2D eigenvalue weighted by Crippen LogP contribution is 2.14. The molecule has 2 unspecified atom stereocenters. The number of ether oxygens (including phenoxy) is 1. The first kappa shape index (κ1) is 7.94. The van der Waals surface area contributed by atoms with E-state index in [1.54, 1.807) is 7.11 Å². The van der Waals surface area contributed by atoms with Gasteiger partial charge in [-0.05, 0) is 12.8 Å². The van der Waals surface area contributed by atoms with Crippen molar-refractivity contribution in [1.82, 2.24) is 5.06 Å². The van der Waals surface area contributed by atoms with Crippen LogP contribution in [0.5, 0.6) is 0 Å². The van der Waals surface area contributed by atoms with Crippen molar-refractivity contribution >= 4 is 0 Å². The molecule has 0 saturated carbocycles. The predicted molar refractivity (Wildman–Crippen MR) is 34.5 cm³/mol. The van der Waals surface area contributed by atoms with Crippen LogP contribution in [0, 0.1) is 0 Å². The van der Waals surface area contributed by atoms with Crippen molar-refractivity contribution in [2.75, 3.05) is 13.7 Å². The second kappa shape index (κ2) is 3.30. The third kappa shape index (κ3) is 1.67. The van der Waals surface area contributed by atoms with E-state index in [1.165, 1.54) is 0 Å². The van der Waals surface area contributed by atoms with Gasteiger partial charge in [-0.2, -0.15) is 5.06 Å². The highest BCUT2D eigenvalue weighted by Gasteiger charge is 2.24. The predicted octanol–water partition coefficient (Wildman–Crippen LogP) is -0.195. The summed E-state index contributed by atoms with van der Waals surface area (Å²) in [5.74, 6) is 0. The topological polar surface area (TPSA) is 52.9 Å². The molecule has 0 bridgehead atoms. The number of piperidine rings is 1. The molecule has 0 spiro atoms. The van der Waals surface area contributed by atoms with Crippen molar-refractivity contribution in [2.24, 2.45) is 0 Å². The first-order valence-electron chi connectivity index (χ1n) is 3.40. The lowest BCUT2D eigenvalue weighted by Crippen LogP contribution is -2.43. The molecule has 4 nitrogen and oxygen atoms in total. The maximum Gasteiger partial charge on any atom is 0.129 e. The SMILES string of the molecule is COC1CCC(O)N(O)C1. The average molecular weight is 147 g/mol. The number of hydroxylamine groups is 2. The Morgan fingerprint density at radius 2 is 2.20 bits per heavy atom. The van der Waals surface area contributed by atoms with E-state index >= 15 is 0 Å². The molecule has 60 valence electrons. The number of rotatable bonds is 1. The summed E-state index contributed by atoms with van der Waals surface area (Å²) >= 11 is 0. The molecular weight excluding hydrogens is 134 g/mol. The van der Waals surface area contributed by atoms with Gasteiger partial charge in [0.25, 0.3) is 0 Å². The quantitative estimate of drug-likeness (QED) is 0.539. The first-order chi connectivity index (χ1) is 4.74. The molecule has 1 fully saturated rings. The Kier molecular flexibility index (Phi) is 2.62. The Morgan fingerprint density at radius 1 is 1.50 bits per heavy atom.